The Labute approximate surface area is 131 Å². The van der Waals surface area contributed by atoms with Crippen molar-refractivity contribution in [3.63, 3.8) is 0 Å². The summed E-state index contributed by atoms with van der Waals surface area (Å²) in [5, 5.41) is 0. The lowest BCUT2D eigenvalue weighted by molar-refractivity contribution is -0.148. The molecule has 1 aromatic rings. The first-order valence-electron chi connectivity index (χ1n) is 7.82. The third kappa shape index (κ3) is 4.56. The Kier molecular flexibility index (Phi) is 5.95. The Morgan fingerprint density at radius 1 is 1.27 bits per heavy atom. The van der Waals surface area contributed by atoms with Crippen LogP contribution in [0, 0.1) is 0 Å². The van der Waals surface area contributed by atoms with Gasteiger partial charge in [-0.25, -0.2) is 0 Å². The number of rotatable bonds is 7. The minimum Gasteiger partial charge on any atom is -0.368 e. The molecule has 5 nitrogen and oxygen atoms in total. The fraction of sp³-hybridized carbons (Fsp3) is 0.529. The maximum absolute atomic E-state index is 12.6. The fourth-order valence-electron chi connectivity index (χ4n) is 2.87. The van der Waals surface area contributed by atoms with E-state index in [4.69, 9.17) is 10.5 Å². The zero-order chi connectivity index (χ0) is 15.9. The van der Waals surface area contributed by atoms with Gasteiger partial charge in [-0.15, -0.1) is 0 Å². The quantitative estimate of drug-likeness (QED) is 0.835. The maximum Gasteiger partial charge on any atom is 0.252 e. The summed E-state index contributed by atoms with van der Waals surface area (Å²) < 4.78 is 5.67. The van der Waals surface area contributed by atoms with E-state index in [9.17, 15) is 9.59 Å². The van der Waals surface area contributed by atoms with Crippen molar-refractivity contribution >= 4 is 11.8 Å². The van der Waals surface area contributed by atoms with Crippen LogP contribution in [-0.2, 0) is 20.9 Å². The van der Waals surface area contributed by atoms with Crippen LogP contribution in [0.1, 0.15) is 38.2 Å². The fourth-order valence-corrected chi connectivity index (χ4v) is 2.87. The highest BCUT2D eigenvalue weighted by atomic mass is 16.5. The van der Waals surface area contributed by atoms with Crippen molar-refractivity contribution < 1.29 is 14.3 Å². The Morgan fingerprint density at radius 3 is 2.50 bits per heavy atom. The molecule has 0 saturated heterocycles. The number of hydrogen-bond donors (Lipinski definition) is 1. The number of ether oxygens (including phenoxy) is 1. The van der Waals surface area contributed by atoms with Crippen molar-refractivity contribution in [2.75, 3.05) is 6.54 Å². The number of carbonyl (C=O) groups excluding carboxylic acids is 2. The number of primary amides is 1. The first kappa shape index (κ1) is 16.5. The molecular weight excluding hydrogens is 280 g/mol. The zero-order valence-corrected chi connectivity index (χ0v) is 13.0. The molecule has 2 amide bonds. The van der Waals surface area contributed by atoms with Crippen molar-refractivity contribution in [2.24, 2.45) is 5.73 Å². The molecule has 0 bridgehead atoms. The molecule has 0 heterocycles. The summed E-state index contributed by atoms with van der Waals surface area (Å²) in [6, 6.07) is 9.83. The SMILES string of the molecule is C[C@H](OCc1ccccc1)C(=O)N(CC(N)=O)C1CCCC1. The summed E-state index contributed by atoms with van der Waals surface area (Å²) in [4.78, 5) is 25.4. The molecule has 1 aliphatic rings. The van der Waals surface area contributed by atoms with Gasteiger partial charge in [0.2, 0.25) is 5.91 Å². The van der Waals surface area contributed by atoms with Gasteiger partial charge in [-0.3, -0.25) is 9.59 Å². The van der Waals surface area contributed by atoms with Gasteiger partial charge < -0.3 is 15.4 Å². The normalized spacial score (nSPS) is 16.4. The third-order valence-corrected chi connectivity index (χ3v) is 4.07. The predicted molar refractivity (Wildman–Crippen MR) is 83.9 cm³/mol. The highest BCUT2D eigenvalue weighted by Crippen LogP contribution is 2.24. The van der Waals surface area contributed by atoms with Crippen molar-refractivity contribution in [1.82, 2.24) is 4.90 Å². The Hall–Kier alpha value is -1.88. The van der Waals surface area contributed by atoms with Gasteiger partial charge in [-0.05, 0) is 25.3 Å². The number of hydrogen-bond acceptors (Lipinski definition) is 3. The van der Waals surface area contributed by atoms with E-state index in [1.54, 1.807) is 11.8 Å². The van der Waals surface area contributed by atoms with E-state index in [1.165, 1.54) is 0 Å². The first-order valence-corrected chi connectivity index (χ1v) is 7.82. The molecule has 120 valence electrons. The Bertz CT molecular complexity index is 498. The standard InChI is InChI=1S/C17H24N2O3/c1-13(22-12-14-7-3-2-4-8-14)17(21)19(11-16(18)20)15-9-5-6-10-15/h2-4,7-8,13,15H,5-6,9-12H2,1H3,(H2,18,20)/t13-/m0/s1. The van der Waals surface area contributed by atoms with E-state index in [0.717, 1.165) is 31.2 Å². The smallest absolute Gasteiger partial charge is 0.252 e. The molecule has 1 fully saturated rings. The molecule has 1 aliphatic carbocycles. The molecule has 0 unspecified atom stereocenters. The lowest BCUT2D eigenvalue weighted by Gasteiger charge is -2.30. The van der Waals surface area contributed by atoms with Crippen molar-refractivity contribution in [2.45, 2.75) is 51.4 Å². The molecule has 2 N–H and O–H groups in total. The average Bonchev–Trinajstić information content (AvgIpc) is 3.04. The molecule has 22 heavy (non-hydrogen) atoms. The van der Waals surface area contributed by atoms with Gasteiger partial charge in [0.15, 0.2) is 0 Å². The van der Waals surface area contributed by atoms with Crippen LogP contribution in [0.15, 0.2) is 30.3 Å². The number of nitrogens with two attached hydrogens (primary N) is 1. The largest absolute Gasteiger partial charge is 0.368 e. The summed E-state index contributed by atoms with van der Waals surface area (Å²) in [7, 11) is 0. The van der Waals surface area contributed by atoms with Crippen molar-refractivity contribution in [1.29, 1.82) is 0 Å². The molecule has 5 heteroatoms. The topological polar surface area (TPSA) is 72.6 Å². The van der Waals surface area contributed by atoms with Crippen LogP contribution in [0.3, 0.4) is 0 Å². The predicted octanol–water partition coefficient (Wildman–Crippen LogP) is 1.85. The summed E-state index contributed by atoms with van der Waals surface area (Å²) in [6.07, 6.45) is 3.47. The van der Waals surface area contributed by atoms with E-state index >= 15 is 0 Å². The molecule has 1 aromatic carbocycles. The summed E-state index contributed by atoms with van der Waals surface area (Å²) in [5.41, 5.74) is 6.31. The van der Waals surface area contributed by atoms with E-state index in [0.29, 0.717) is 6.61 Å². The molecule has 0 spiro atoms. The van der Waals surface area contributed by atoms with Gasteiger partial charge >= 0.3 is 0 Å². The number of nitrogens with zero attached hydrogens (tertiary/aromatic N) is 1. The zero-order valence-electron chi connectivity index (χ0n) is 13.0. The molecule has 0 aromatic heterocycles. The molecule has 1 saturated carbocycles. The van der Waals surface area contributed by atoms with Crippen LogP contribution >= 0.6 is 0 Å². The number of carbonyl (C=O) groups is 2. The highest BCUT2D eigenvalue weighted by Gasteiger charge is 2.30. The van der Waals surface area contributed by atoms with Crippen LogP contribution in [0.25, 0.3) is 0 Å². The summed E-state index contributed by atoms with van der Waals surface area (Å²) in [5.74, 6) is -0.628. The third-order valence-electron chi connectivity index (χ3n) is 4.07. The second-order valence-corrected chi connectivity index (χ2v) is 5.81. The van der Waals surface area contributed by atoms with Crippen LogP contribution in [0.2, 0.25) is 0 Å². The molecule has 0 aliphatic heterocycles. The van der Waals surface area contributed by atoms with E-state index in [2.05, 4.69) is 0 Å². The van der Waals surface area contributed by atoms with Crippen LogP contribution in [0.4, 0.5) is 0 Å². The van der Waals surface area contributed by atoms with E-state index < -0.39 is 12.0 Å². The molecule has 2 rings (SSSR count). The number of benzene rings is 1. The molecular formula is C17H24N2O3. The van der Waals surface area contributed by atoms with Crippen LogP contribution < -0.4 is 5.73 Å². The monoisotopic (exact) mass is 304 g/mol. The van der Waals surface area contributed by atoms with Crippen LogP contribution in [0.5, 0.6) is 0 Å². The number of amides is 2. The highest BCUT2D eigenvalue weighted by molar-refractivity contribution is 5.86. The van der Waals surface area contributed by atoms with Gasteiger partial charge in [-0.2, -0.15) is 0 Å². The molecule has 1 atom stereocenters. The van der Waals surface area contributed by atoms with Gasteiger partial charge in [0, 0.05) is 6.04 Å². The minimum absolute atomic E-state index is 0.0253. The summed E-state index contributed by atoms with van der Waals surface area (Å²) >= 11 is 0. The molecule has 0 radical (unpaired) electrons. The summed E-state index contributed by atoms with van der Waals surface area (Å²) in [6.45, 7) is 2.08. The Morgan fingerprint density at radius 2 is 1.91 bits per heavy atom. The van der Waals surface area contributed by atoms with Crippen molar-refractivity contribution in [3.05, 3.63) is 35.9 Å². The Balaban J connectivity index is 1.94. The van der Waals surface area contributed by atoms with Gasteiger partial charge in [-0.1, -0.05) is 43.2 Å². The minimum atomic E-state index is -0.583. The van der Waals surface area contributed by atoms with Crippen molar-refractivity contribution in [3.8, 4) is 0 Å². The van der Waals surface area contributed by atoms with E-state index in [-0.39, 0.29) is 18.5 Å². The van der Waals surface area contributed by atoms with Crippen LogP contribution in [-0.4, -0.2) is 35.4 Å². The maximum atomic E-state index is 12.6. The average molecular weight is 304 g/mol. The lowest BCUT2D eigenvalue weighted by atomic mass is 10.2. The van der Waals surface area contributed by atoms with Gasteiger partial charge in [0.05, 0.1) is 13.2 Å². The van der Waals surface area contributed by atoms with Gasteiger partial charge in [0.1, 0.15) is 6.10 Å². The van der Waals surface area contributed by atoms with Gasteiger partial charge in [0.25, 0.3) is 5.91 Å². The van der Waals surface area contributed by atoms with E-state index in [1.807, 2.05) is 30.3 Å². The first-order chi connectivity index (χ1) is 10.6. The second-order valence-electron chi connectivity index (χ2n) is 5.81. The second kappa shape index (κ2) is 7.94. The lowest BCUT2D eigenvalue weighted by Crippen LogP contribution is -2.48.